The molecule has 54 valence electrons. The van der Waals surface area contributed by atoms with Crippen molar-refractivity contribution in [2.75, 3.05) is 0 Å². The SMILES string of the molecule is O=C(O)O.O=C(O)O.[H-].[H-].[H-].[K+].[Sr+2]. The van der Waals surface area contributed by atoms with E-state index in [1.54, 1.807) is 0 Å². The Morgan fingerprint density at radius 1 is 0.900 bits per heavy atom. The molecule has 10 heavy (non-hydrogen) atoms. The fraction of sp³-hybridized carbons (Fsp3) is 0. The summed E-state index contributed by atoms with van der Waals surface area (Å²) >= 11 is 0. The molecule has 0 aromatic heterocycles. The summed E-state index contributed by atoms with van der Waals surface area (Å²) in [4.78, 5) is 17.1. The van der Waals surface area contributed by atoms with Gasteiger partial charge in [0.05, 0.1) is 0 Å². The van der Waals surface area contributed by atoms with Crippen LogP contribution in [-0.2, 0) is 0 Å². The van der Waals surface area contributed by atoms with Crippen LogP contribution in [0.5, 0.6) is 0 Å². The van der Waals surface area contributed by atoms with Crippen LogP contribution in [0.4, 0.5) is 9.59 Å². The topological polar surface area (TPSA) is 115 Å². The third-order valence-electron chi connectivity index (χ3n) is 0. The van der Waals surface area contributed by atoms with E-state index in [1.165, 1.54) is 0 Å². The van der Waals surface area contributed by atoms with Crippen LogP contribution >= 0.6 is 0 Å². The normalized spacial score (nSPS) is 4.80. The molecule has 0 atom stereocenters. The fourth-order valence-electron chi connectivity index (χ4n) is 0. The van der Waals surface area contributed by atoms with E-state index < -0.39 is 12.3 Å². The maximum Gasteiger partial charge on any atom is 2.00 e. The molecule has 0 saturated carbocycles. The molecule has 0 aliphatic rings. The summed E-state index contributed by atoms with van der Waals surface area (Å²) in [5.74, 6) is 0. The summed E-state index contributed by atoms with van der Waals surface area (Å²) < 4.78 is 0. The summed E-state index contributed by atoms with van der Waals surface area (Å²) in [5, 5.41) is 27.9. The number of carboxylic acid groups (broad SMARTS) is 4. The van der Waals surface area contributed by atoms with Crippen molar-refractivity contribution in [1.29, 1.82) is 0 Å². The van der Waals surface area contributed by atoms with Crippen LogP contribution in [0.15, 0.2) is 0 Å². The average molecular weight is 254 g/mol. The Balaban J connectivity index is -0.00000000800. The van der Waals surface area contributed by atoms with Crippen LogP contribution < -0.4 is 51.4 Å². The van der Waals surface area contributed by atoms with Crippen molar-refractivity contribution >= 4 is 57.8 Å². The van der Waals surface area contributed by atoms with Gasteiger partial charge in [-0.15, -0.1) is 0 Å². The van der Waals surface area contributed by atoms with Gasteiger partial charge in [0.1, 0.15) is 0 Å². The molecule has 0 saturated heterocycles. The van der Waals surface area contributed by atoms with Gasteiger partial charge in [-0.3, -0.25) is 0 Å². The first-order chi connectivity index (χ1) is 3.46. The molecule has 8 heteroatoms. The smallest absolute Gasteiger partial charge is 1.00 e. The van der Waals surface area contributed by atoms with E-state index in [0.717, 1.165) is 0 Å². The summed E-state index contributed by atoms with van der Waals surface area (Å²) in [6.07, 6.45) is -3.67. The largest absolute Gasteiger partial charge is 2.00 e. The maximum absolute atomic E-state index is 8.56. The Hall–Kier alpha value is 1.66. The Bertz CT molecular complexity index is 83.9. The van der Waals surface area contributed by atoms with Gasteiger partial charge in [0.2, 0.25) is 0 Å². The molecule has 0 aliphatic carbocycles. The van der Waals surface area contributed by atoms with E-state index in [0.29, 0.717) is 0 Å². The van der Waals surface area contributed by atoms with Crippen molar-refractivity contribution in [3.8, 4) is 0 Å². The Labute approximate surface area is 140 Å². The van der Waals surface area contributed by atoms with Crippen molar-refractivity contribution in [3.05, 3.63) is 0 Å². The third-order valence-corrected chi connectivity index (χ3v) is 0. The zero-order valence-corrected chi connectivity index (χ0v) is 11.9. The van der Waals surface area contributed by atoms with E-state index in [1.807, 2.05) is 0 Å². The first-order valence-corrected chi connectivity index (χ1v) is 1.30. The van der Waals surface area contributed by atoms with Crippen LogP contribution in [0.2, 0.25) is 0 Å². The van der Waals surface area contributed by atoms with Crippen LogP contribution in [0.1, 0.15) is 4.28 Å². The van der Waals surface area contributed by atoms with Gasteiger partial charge in [0.15, 0.2) is 0 Å². The van der Waals surface area contributed by atoms with Gasteiger partial charge in [-0.1, -0.05) is 0 Å². The van der Waals surface area contributed by atoms with E-state index in [4.69, 9.17) is 30.0 Å². The monoisotopic (exact) mass is 254 g/mol. The molecule has 0 spiro atoms. The molecule has 6 nitrogen and oxygen atoms in total. The van der Waals surface area contributed by atoms with Crippen molar-refractivity contribution in [2.24, 2.45) is 0 Å². The minimum Gasteiger partial charge on any atom is -1.00 e. The second-order valence-electron chi connectivity index (χ2n) is 0.565. The summed E-state index contributed by atoms with van der Waals surface area (Å²) in [7, 11) is 0. The van der Waals surface area contributed by atoms with Crippen LogP contribution in [-0.4, -0.2) is 78.2 Å². The molecular weight excluding hydrogens is 247 g/mol. The van der Waals surface area contributed by atoms with E-state index in [-0.39, 0.29) is 101 Å². The molecular formula is C2H7KO6Sr. The van der Waals surface area contributed by atoms with Crippen LogP contribution in [0, 0.1) is 0 Å². The molecule has 0 aromatic carbocycles. The summed E-state index contributed by atoms with van der Waals surface area (Å²) in [6.45, 7) is 0. The average Bonchev–Trinajstić information content (AvgIpc) is 1.25. The van der Waals surface area contributed by atoms with Crippen LogP contribution in [0.25, 0.3) is 0 Å². The predicted octanol–water partition coefficient (Wildman–Crippen LogP) is -2.59. The molecule has 0 radical (unpaired) electrons. The van der Waals surface area contributed by atoms with Crippen molar-refractivity contribution in [1.82, 2.24) is 0 Å². The van der Waals surface area contributed by atoms with E-state index >= 15 is 0 Å². The zero-order chi connectivity index (χ0) is 7.15. The van der Waals surface area contributed by atoms with E-state index in [2.05, 4.69) is 0 Å². The Morgan fingerprint density at radius 2 is 0.900 bits per heavy atom. The summed E-state index contributed by atoms with van der Waals surface area (Å²) in [5.41, 5.74) is 0. The number of carbonyl (C=O) groups is 2. The van der Waals surface area contributed by atoms with Gasteiger partial charge in [-0.25, -0.2) is 9.59 Å². The zero-order valence-electron chi connectivity index (χ0n) is 8.31. The molecule has 0 amide bonds. The van der Waals surface area contributed by atoms with Gasteiger partial charge in [-0.05, 0) is 0 Å². The van der Waals surface area contributed by atoms with Gasteiger partial charge >= 0.3 is 109 Å². The molecule has 0 rings (SSSR count). The maximum atomic E-state index is 8.56. The number of hydrogen-bond donors (Lipinski definition) is 4. The van der Waals surface area contributed by atoms with Crippen molar-refractivity contribution in [3.63, 3.8) is 0 Å². The molecule has 4 N–H and O–H groups in total. The van der Waals surface area contributed by atoms with Gasteiger partial charge < -0.3 is 24.7 Å². The quantitative estimate of drug-likeness (QED) is 0.352. The molecule has 0 fully saturated rings. The standard InChI is InChI=1S/2CH2O3.K.Sr.3H/c2*2-1(3)4;;;;;/h2*(H2,2,3,4);;;;;/q;;+1;+2;3*-1. The first-order valence-electron chi connectivity index (χ1n) is 1.30. The predicted molar refractivity (Wildman–Crippen MR) is 30.4 cm³/mol. The minimum absolute atomic E-state index is 0. The van der Waals surface area contributed by atoms with Gasteiger partial charge in [0, 0.05) is 0 Å². The first kappa shape index (κ1) is 22.6. The molecule has 0 aromatic rings. The minimum atomic E-state index is -1.83. The van der Waals surface area contributed by atoms with Crippen molar-refractivity contribution in [2.45, 2.75) is 0 Å². The van der Waals surface area contributed by atoms with Gasteiger partial charge in [0.25, 0.3) is 0 Å². The number of rotatable bonds is 0. The second-order valence-corrected chi connectivity index (χ2v) is 0.565. The number of hydrogen-bond acceptors (Lipinski definition) is 2. The van der Waals surface area contributed by atoms with E-state index in [9.17, 15) is 0 Å². The summed E-state index contributed by atoms with van der Waals surface area (Å²) in [6, 6.07) is 0. The molecule has 0 heterocycles. The second kappa shape index (κ2) is 17.0. The van der Waals surface area contributed by atoms with Gasteiger partial charge in [-0.2, -0.15) is 0 Å². The fourth-order valence-corrected chi connectivity index (χ4v) is 0. The molecule has 0 bridgehead atoms. The molecule has 0 unspecified atom stereocenters. The molecule has 0 aliphatic heterocycles. The third kappa shape index (κ3) is 264. The Kier molecular flexibility index (Phi) is 38.3. The Morgan fingerprint density at radius 3 is 0.900 bits per heavy atom. The van der Waals surface area contributed by atoms with Crippen LogP contribution in [0.3, 0.4) is 0 Å². The van der Waals surface area contributed by atoms with Crippen molar-refractivity contribution < 1.29 is 85.7 Å².